The van der Waals surface area contributed by atoms with Gasteiger partial charge in [0, 0.05) is 56.9 Å². The third-order valence-electron chi connectivity index (χ3n) is 19.8. The second-order valence-electron chi connectivity index (χ2n) is 33.9. The number of ether oxygens (including phenoxy) is 1. The highest BCUT2D eigenvalue weighted by Crippen LogP contribution is 2.54. The van der Waals surface area contributed by atoms with Crippen LogP contribution in [0.1, 0.15) is 216 Å². The van der Waals surface area contributed by atoms with Gasteiger partial charge in [0.2, 0.25) is 0 Å². The molecule has 6 heteroatoms. The van der Waals surface area contributed by atoms with E-state index >= 15 is 0 Å². The van der Waals surface area contributed by atoms with Crippen molar-refractivity contribution in [2.45, 2.75) is 197 Å². The first-order valence-corrected chi connectivity index (χ1v) is 34.6. The maximum absolute atomic E-state index is 9.75. The molecular formula is C90H100N4O2. The molecule has 0 radical (unpaired) electrons. The normalized spacial score (nSPS) is 14.4. The van der Waals surface area contributed by atoms with Gasteiger partial charge in [0.25, 0.3) is 0 Å². The van der Waals surface area contributed by atoms with Crippen LogP contribution < -0.4 is 14.5 Å². The van der Waals surface area contributed by atoms with E-state index in [4.69, 9.17) is 15.5 Å². The number of para-hydroxylation sites is 2. The predicted molar refractivity (Wildman–Crippen MR) is 411 cm³/mol. The van der Waals surface area contributed by atoms with Crippen molar-refractivity contribution in [3.8, 4) is 50.7 Å². The number of anilines is 4. The van der Waals surface area contributed by atoms with Crippen molar-refractivity contribution in [1.82, 2.24) is 9.55 Å². The number of hydrogen-bond donors (Lipinski definition) is 0. The first-order chi connectivity index (χ1) is 47.1. The molecule has 12 aromatic rings. The van der Waals surface area contributed by atoms with E-state index < -0.39 is 11.5 Å². The molecule has 3 aromatic heterocycles. The van der Waals surface area contributed by atoms with Crippen LogP contribution >= 0.6 is 0 Å². The molecule has 96 heavy (non-hydrogen) atoms. The molecule has 13 rings (SSSR count). The molecule has 1 aliphatic heterocycles. The van der Waals surface area contributed by atoms with Crippen molar-refractivity contribution >= 4 is 66.5 Å². The lowest BCUT2D eigenvalue weighted by atomic mass is 9.77. The molecule has 492 valence electrons. The lowest BCUT2D eigenvalue weighted by Crippen LogP contribution is -2.25. The fourth-order valence-corrected chi connectivity index (χ4v) is 14.1. The number of fused-ring (bicyclic) bond motifs is 8. The first-order valence-electron chi connectivity index (χ1n) is 37.1. The fourth-order valence-electron chi connectivity index (χ4n) is 14.1. The molecule has 1 aliphatic rings. The molecule has 0 atom stereocenters. The van der Waals surface area contributed by atoms with E-state index in [2.05, 4.69) is 312 Å². The highest BCUT2D eigenvalue weighted by Gasteiger charge is 2.35. The number of rotatable bonds is 10. The molecule has 0 bridgehead atoms. The number of pyridine rings is 1. The quantitative estimate of drug-likeness (QED) is 0.137. The van der Waals surface area contributed by atoms with Crippen molar-refractivity contribution in [1.29, 1.82) is 0 Å². The van der Waals surface area contributed by atoms with Gasteiger partial charge in [0.05, 0.1) is 40.3 Å². The summed E-state index contributed by atoms with van der Waals surface area (Å²) in [5.41, 5.74) is 20.0. The summed E-state index contributed by atoms with van der Waals surface area (Å²) in [6.07, 6.45) is 1.92. The Balaban J connectivity index is 1.06. The highest BCUT2D eigenvalue weighted by atomic mass is 16.5. The van der Waals surface area contributed by atoms with E-state index in [0.717, 1.165) is 94.6 Å². The SMILES string of the molecule is [2H]c1c([2H])c([2H])c(-c2cc(C(C)(C)C)cc(-c3cc(C(C)(C)C)cc(C(C)(C)C)c3)c2N2CN(c3cc(Oc4ccc5c6c7oc8c(C(C)(C)C)cc(C(C)(C)C)cc8c7ccc6n(-c6cc(C(C)(C)C)ccn6)c5c4)cc(-c4c(C(C)C)cccc4C(C)C)c3)c3ccccc32)c([2H])c1[2H]. The average Bonchev–Trinajstić information content (AvgIpc) is 1.59. The van der Waals surface area contributed by atoms with Crippen LogP contribution in [0, 0.1) is 0 Å². The Kier molecular flexibility index (Phi) is 14.6. The lowest BCUT2D eigenvalue weighted by Gasteiger charge is -2.32. The zero-order chi connectivity index (χ0) is 73.0. The summed E-state index contributed by atoms with van der Waals surface area (Å²) in [5, 5.41) is 4.21. The summed E-state index contributed by atoms with van der Waals surface area (Å²) < 4.78 is 63.8. The molecule has 0 aliphatic carbocycles. The molecule has 0 spiro atoms. The Labute approximate surface area is 579 Å². The van der Waals surface area contributed by atoms with Gasteiger partial charge in [0.1, 0.15) is 35.2 Å². The van der Waals surface area contributed by atoms with E-state index in [1.54, 1.807) is 0 Å². The van der Waals surface area contributed by atoms with Crippen molar-refractivity contribution < 1.29 is 16.0 Å². The molecule has 6 nitrogen and oxygen atoms in total. The van der Waals surface area contributed by atoms with Gasteiger partial charge >= 0.3 is 0 Å². The van der Waals surface area contributed by atoms with Crippen LogP contribution in [-0.4, -0.2) is 16.2 Å². The molecule has 0 saturated carbocycles. The monoisotopic (exact) mass is 1270 g/mol. The zero-order valence-electron chi connectivity index (χ0n) is 65.9. The molecule has 0 saturated heterocycles. The van der Waals surface area contributed by atoms with Crippen molar-refractivity contribution in [2.24, 2.45) is 0 Å². The third-order valence-corrected chi connectivity index (χ3v) is 19.8. The van der Waals surface area contributed by atoms with E-state index in [0.29, 0.717) is 23.7 Å². The Morgan fingerprint density at radius 3 is 1.61 bits per heavy atom. The van der Waals surface area contributed by atoms with Gasteiger partial charge in [-0.3, -0.25) is 4.57 Å². The number of nitrogens with zero attached hydrogens (tertiary/aromatic N) is 4. The van der Waals surface area contributed by atoms with Gasteiger partial charge in [0.15, 0.2) is 0 Å². The second kappa shape index (κ2) is 23.5. The maximum atomic E-state index is 9.75. The molecule has 4 heterocycles. The molecule has 0 N–H and O–H groups in total. The Bertz CT molecular complexity index is 5250. The maximum Gasteiger partial charge on any atom is 0.145 e. The van der Waals surface area contributed by atoms with Gasteiger partial charge in [-0.1, -0.05) is 237 Å². The van der Waals surface area contributed by atoms with Gasteiger partial charge in [-0.2, -0.15) is 0 Å². The smallest absolute Gasteiger partial charge is 0.145 e. The van der Waals surface area contributed by atoms with Crippen LogP contribution in [0.2, 0.25) is 0 Å². The summed E-state index contributed by atoms with van der Waals surface area (Å²) in [7, 11) is 0. The van der Waals surface area contributed by atoms with E-state index in [1.165, 1.54) is 44.5 Å². The summed E-state index contributed by atoms with van der Waals surface area (Å²) in [6, 6.07) is 51.4. The third kappa shape index (κ3) is 12.0. The fraction of sp³-hybridized carbons (Fsp3) is 0.344. The minimum absolute atomic E-state index is 0.0872. The van der Waals surface area contributed by atoms with Crippen LogP contribution in [0.15, 0.2) is 186 Å². The largest absolute Gasteiger partial charge is 0.457 e. The van der Waals surface area contributed by atoms with E-state index in [1.807, 2.05) is 6.20 Å². The second-order valence-corrected chi connectivity index (χ2v) is 33.9. The number of furan rings is 1. The summed E-state index contributed by atoms with van der Waals surface area (Å²) in [4.78, 5) is 9.81. The highest BCUT2D eigenvalue weighted by molar-refractivity contribution is 6.24. The minimum atomic E-state index is -0.431. The van der Waals surface area contributed by atoms with Crippen molar-refractivity contribution in [3.63, 3.8) is 0 Å². The van der Waals surface area contributed by atoms with Crippen LogP contribution in [0.25, 0.3) is 82.9 Å². The number of hydrogen-bond acceptors (Lipinski definition) is 5. The Hall–Kier alpha value is -8.87. The summed E-state index contributed by atoms with van der Waals surface area (Å²) >= 11 is 0. The summed E-state index contributed by atoms with van der Waals surface area (Å²) in [5.74, 6) is 2.47. The molecule has 0 unspecified atom stereocenters. The van der Waals surface area contributed by atoms with Gasteiger partial charge in [-0.15, -0.1) is 0 Å². The van der Waals surface area contributed by atoms with Gasteiger partial charge < -0.3 is 19.0 Å². The van der Waals surface area contributed by atoms with Crippen LogP contribution in [0.4, 0.5) is 22.7 Å². The Morgan fingerprint density at radius 1 is 0.448 bits per heavy atom. The average molecular weight is 1270 g/mol. The Morgan fingerprint density at radius 2 is 1.02 bits per heavy atom. The topological polar surface area (TPSA) is 46.7 Å². The number of aromatic nitrogens is 2. The molecular weight excluding hydrogens is 1170 g/mol. The lowest BCUT2D eigenvalue weighted by molar-refractivity contribution is 0.483. The summed E-state index contributed by atoms with van der Waals surface area (Å²) in [6.45, 7) is 49.8. The van der Waals surface area contributed by atoms with Gasteiger partial charge in [-0.25, -0.2) is 4.98 Å². The molecule has 0 fully saturated rings. The van der Waals surface area contributed by atoms with Gasteiger partial charge in [-0.05, 0) is 184 Å². The number of benzene rings is 9. The molecule has 0 amide bonds. The van der Waals surface area contributed by atoms with Crippen molar-refractivity contribution in [2.75, 3.05) is 16.5 Å². The van der Waals surface area contributed by atoms with Crippen molar-refractivity contribution in [3.05, 3.63) is 227 Å². The van der Waals surface area contributed by atoms with Crippen LogP contribution in [0.5, 0.6) is 11.5 Å². The standard InChI is InChI=1S/C90H100N4O2/c1-54(2)67-31-28-32-68(55(3)4)80(67)58-43-64(92-53-93(76-34-27-26-33-75(76)92)82-71(56-29-24-23-25-30-56)46-62(88(14,15)16)47-72(82)57-41-60(86(8,9)10)45-61(42-57)87(11,12)13)51-66(44-58)95-65-35-36-70-78(52-65)94(79-50-59(39-40-91-79)85(5,6)7)77-38-37-69-73-48-63(89(17,18)19)49-74(90(20,21)22)83(73)96-84(69)81(70)77/h23-52,54-55H,53H2,1-22H3/i23D,24D,25D,29D,30D. The van der Waals surface area contributed by atoms with E-state index in [-0.39, 0.29) is 68.6 Å². The zero-order valence-corrected chi connectivity index (χ0v) is 60.9. The predicted octanol–water partition coefficient (Wildman–Crippen LogP) is 26.2. The van der Waals surface area contributed by atoms with Crippen LogP contribution in [-0.2, 0) is 32.5 Å². The van der Waals surface area contributed by atoms with Crippen LogP contribution in [0.3, 0.4) is 0 Å². The van der Waals surface area contributed by atoms with E-state index in [9.17, 15) is 5.48 Å². The molecule has 9 aromatic carbocycles. The minimum Gasteiger partial charge on any atom is -0.457 e. The first kappa shape index (κ1) is 59.6.